The molecule has 0 spiro atoms. The summed E-state index contributed by atoms with van der Waals surface area (Å²) >= 11 is 13.0. The molecule has 0 bridgehead atoms. The van der Waals surface area contributed by atoms with E-state index in [-0.39, 0.29) is 33.6 Å². The second kappa shape index (κ2) is 9.92. The molecule has 11 heteroatoms. The highest BCUT2D eigenvalue weighted by molar-refractivity contribution is 6.41. The van der Waals surface area contributed by atoms with Crippen LogP contribution in [0.4, 0.5) is 5.82 Å². The average Bonchev–Trinajstić information content (AvgIpc) is 3.26. The number of fused-ring (bicyclic) bond motifs is 1. The monoisotopic (exact) mass is 503 g/mol. The number of methoxy groups -OCH3 is 2. The number of pyridine rings is 2. The number of carbonyl (C=O) groups excluding carboxylic acids is 1. The molecule has 2 unspecified atom stereocenters. The molecule has 4 rings (SSSR count). The number of nitrogens with zero attached hydrogens (tertiary/aromatic N) is 1. The van der Waals surface area contributed by atoms with Gasteiger partial charge in [-0.1, -0.05) is 29.8 Å². The van der Waals surface area contributed by atoms with Crippen LogP contribution in [0.1, 0.15) is 0 Å². The van der Waals surface area contributed by atoms with Crippen molar-refractivity contribution >= 4 is 45.7 Å². The maximum Gasteiger partial charge on any atom is 0.256 e. The van der Waals surface area contributed by atoms with E-state index in [0.29, 0.717) is 52.4 Å². The van der Waals surface area contributed by atoms with Crippen LogP contribution in [-0.2, 0) is 4.79 Å². The largest absolute Gasteiger partial charge is 0.495 e. The van der Waals surface area contributed by atoms with Gasteiger partial charge >= 0.3 is 0 Å². The van der Waals surface area contributed by atoms with Gasteiger partial charge in [0.05, 0.1) is 47.4 Å². The number of aromatic amines is 1. The van der Waals surface area contributed by atoms with Crippen molar-refractivity contribution in [1.29, 1.82) is 0 Å². The van der Waals surface area contributed by atoms with E-state index >= 15 is 0 Å². The van der Waals surface area contributed by atoms with Crippen LogP contribution in [0.3, 0.4) is 0 Å². The zero-order valence-electron chi connectivity index (χ0n) is 18.5. The Kier molecular flexibility index (Phi) is 6.97. The Balaban J connectivity index is 1.69. The van der Waals surface area contributed by atoms with Crippen LogP contribution in [0.25, 0.3) is 22.0 Å². The minimum atomic E-state index is -0.340. The van der Waals surface area contributed by atoms with Crippen molar-refractivity contribution in [2.75, 3.05) is 32.6 Å². The molecule has 4 N–H and O–H groups in total. The predicted octanol–water partition coefficient (Wildman–Crippen LogP) is 2.97. The number of H-pyrrole nitrogens is 1. The van der Waals surface area contributed by atoms with E-state index in [0.717, 1.165) is 0 Å². The molecule has 2 aromatic heterocycles. The zero-order valence-corrected chi connectivity index (χ0v) is 20.0. The van der Waals surface area contributed by atoms with E-state index in [9.17, 15) is 9.59 Å². The highest BCUT2D eigenvalue weighted by Crippen LogP contribution is 2.45. The molecule has 1 aliphatic heterocycles. The molecule has 0 aliphatic carbocycles. The number of carbonyl (C=O) groups is 1. The molecule has 178 valence electrons. The third-order valence-electron chi connectivity index (χ3n) is 5.63. The fourth-order valence-corrected chi connectivity index (χ4v) is 4.61. The van der Waals surface area contributed by atoms with Crippen LogP contribution in [0.5, 0.6) is 11.5 Å². The number of benzene rings is 1. The summed E-state index contributed by atoms with van der Waals surface area (Å²) in [6, 6.07) is 4.74. The van der Waals surface area contributed by atoms with Gasteiger partial charge in [-0.25, -0.2) is 4.98 Å². The zero-order chi connectivity index (χ0) is 24.4. The van der Waals surface area contributed by atoms with Gasteiger partial charge in [0.2, 0.25) is 5.91 Å². The number of ether oxygens (including phenoxy) is 2. The van der Waals surface area contributed by atoms with E-state index < -0.39 is 0 Å². The Morgan fingerprint density at radius 3 is 2.47 bits per heavy atom. The summed E-state index contributed by atoms with van der Waals surface area (Å²) < 4.78 is 10.6. The van der Waals surface area contributed by atoms with Gasteiger partial charge in [-0.05, 0) is 18.2 Å². The van der Waals surface area contributed by atoms with E-state index in [4.69, 9.17) is 32.7 Å². The van der Waals surface area contributed by atoms with Gasteiger partial charge in [-0.15, -0.1) is 0 Å². The minimum Gasteiger partial charge on any atom is -0.495 e. The fraction of sp³-hybridized carbons (Fsp3) is 0.261. The Bertz CT molecular complexity index is 1300. The van der Waals surface area contributed by atoms with Gasteiger partial charge in [-0.3, -0.25) is 9.59 Å². The number of amides is 1. The van der Waals surface area contributed by atoms with Crippen LogP contribution in [0.2, 0.25) is 10.0 Å². The molecule has 1 fully saturated rings. The Labute approximate surface area is 205 Å². The Hall–Kier alpha value is -3.27. The van der Waals surface area contributed by atoms with Crippen LogP contribution in [-0.4, -0.2) is 55.3 Å². The van der Waals surface area contributed by atoms with Gasteiger partial charge in [0.1, 0.15) is 17.3 Å². The first-order valence-electron chi connectivity index (χ1n) is 10.4. The number of nitrogens with one attached hydrogen (secondary N) is 4. The number of hydrogen-bond donors (Lipinski definition) is 4. The van der Waals surface area contributed by atoms with Crippen LogP contribution >= 0.6 is 23.2 Å². The van der Waals surface area contributed by atoms with Crippen LogP contribution < -0.4 is 31.0 Å². The molecule has 1 amide bonds. The highest BCUT2D eigenvalue weighted by atomic mass is 35.5. The normalized spacial score (nSPS) is 17.4. The summed E-state index contributed by atoms with van der Waals surface area (Å²) in [5, 5.41) is 10.9. The molecule has 3 heterocycles. The summed E-state index contributed by atoms with van der Waals surface area (Å²) in [6.45, 7) is 4.72. The molecule has 1 aromatic carbocycles. The lowest BCUT2D eigenvalue weighted by Gasteiger charge is -2.21. The van der Waals surface area contributed by atoms with Gasteiger partial charge in [0, 0.05) is 36.3 Å². The van der Waals surface area contributed by atoms with Gasteiger partial charge in [0.15, 0.2) is 0 Å². The average molecular weight is 504 g/mol. The number of aromatic nitrogens is 2. The molecular weight excluding hydrogens is 481 g/mol. The van der Waals surface area contributed by atoms with Crippen molar-refractivity contribution in [3.8, 4) is 22.8 Å². The predicted molar refractivity (Wildman–Crippen MR) is 133 cm³/mol. The molecule has 1 saturated heterocycles. The van der Waals surface area contributed by atoms with E-state index in [2.05, 4.69) is 32.5 Å². The lowest BCUT2D eigenvalue weighted by molar-refractivity contribution is -0.117. The van der Waals surface area contributed by atoms with Crippen LogP contribution in [0.15, 0.2) is 41.8 Å². The van der Waals surface area contributed by atoms with Crippen molar-refractivity contribution in [2.24, 2.45) is 0 Å². The first kappa shape index (κ1) is 23.9. The highest BCUT2D eigenvalue weighted by Gasteiger charge is 2.28. The van der Waals surface area contributed by atoms with Gasteiger partial charge in [-0.2, -0.15) is 0 Å². The SMILES string of the molecule is C=CC(=O)NC1CNCC1Nc1cc2c(=O)[nH]c(-c3c(Cl)c(OC)cc(OC)c3Cl)cc2cn1. The van der Waals surface area contributed by atoms with Crippen molar-refractivity contribution in [1.82, 2.24) is 20.6 Å². The number of halogens is 2. The third kappa shape index (κ3) is 4.54. The fourth-order valence-electron chi connectivity index (χ4n) is 3.91. The van der Waals surface area contributed by atoms with Crippen molar-refractivity contribution < 1.29 is 14.3 Å². The molecule has 2 atom stereocenters. The minimum absolute atomic E-state index is 0.103. The lowest BCUT2D eigenvalue weighted by atomic mass is 10.1. The van der Waals surface area contributed by atoms with E-state index in [1.807, 2.05) is 0 Å². The molecule has 9 nitrogen and oxygen atoms in total. The van der Waals surface area contributed by atoms with Crippen molar-refractivity contribution in [3.05, 3.63) is 57.4 Å². The molecule has 3 aromatic rings. The molecule has 0 radical (unpaired) electrons. The lowest BCUT2D eigenvalue weighted by Crippen LogP contribution is -2.45. The van der Waals surface area contributed by atoms with Gasteiger partial charge in [0.25, 0.3) is 5.56 Å². The topological polar surface area (TPSA) is 117 Å². The number of anilines is 1. The maximum atomic E-state index is 13.0. The first-order valence-corrected chi connectivity index (χ1v) is 11.2. The first-order chi connectivity index (χ1) is 16.4. The molecule has 0 saturated carbocycles. The standard InChI is InChI=1S/C23H23Cl2N5O4/c1-4-19(31)29-15-10-26-9-14(15)28-18-6-12-11(8-27-18)5-13(30-23(12)32)20-21(24)16(33-2)7-17(34-3)22(20)25/h4-8,14-15,26H,1,9-10H2,2-3H3,(H,27,28)(H,29,31)(H,30,32). The van der Waals surface area contributed by atoms with Crippen LogP contribution in [0, 0.1) is 0 Å². The third-order valence-corrected chi connectivity index (χ3v) is 6.38. The number of hydrogen-bond acceptors (Lipinski definition) is 7. The summed E-state index contributed by atoms with van der Waals surface area (Å²) in [5.41, 5.74) is 0.450. The molecular formula is C23H23Cl2N5O4. The quantitative estimate of drug-likeness (QED) is 0.366. The maximum absolute atomic E-state index is 13.0. The Morgan fingerprint density at radius 2 is 1.82 bits per heavy atom. The van der Waals surface area contributed by atoms with E-state index in [1.54, 1.807) is 24.4 Å². The summed E-state index contributed by atoms with van der Waals surface area (Å²) in [4.78, 5) is 32.0. The molecule has 1 aliphatic rings. The summed E-state index contributed by atoms with van der Waals surface area (Å²) in [7, 11) is 2.96. The second-order valence-electron chi connectivity index (χ2n) is 7.68. The summed E-state index contributed by atoms with van der Waals surface area (Å²) in [5.74, 6) is 0.985. The van der Waals surface area contributed by atoms with Gasteiger partial charge < -0.3 is 30.4 Å². The smallest absolute Gasteiger partial charge is 0.256 e. The van der Waals surface area contributed by atoms with Crippen molar-refractivity contribution in [2.45, 2.75) is 12.1 Å². The molecule has 34 heavy (non-hydrogen) atoms. The summed E-state index contributed by atoms with van der Waals surface area (Å²) in [6.07, 6.45) is 2.83. The van der Waals surface area contributed by atoms with Crippen molar-refractivity contribution in [3.63, 3.8) is 0 Å². The Morgan fingerprint density at radius 1 is 1.15 bits per heavy atom. The second-order valence-corrected chi connectivity index (χ2v) is 8.44. The van der Waals surface area contributed by atoms with E-state index in [1.165, 1.54) is 20.3 Å². The number of rotatable bonds is 7.